The molecule has 1 atom stereocenters. The van der Waals surface area contributed by atoms with Gasteiger partial charge < -0.3 is 10.6 Å². The smallest absolute Gasteiger partial charge is 0.185 e. The van der Waals surface area contributed by atoms with Crippen LogP contribution in [0.2, 0.25) is 0 Å². The number of aromatic nitrogens is 3. The van der Waals surface area contributed by atoms with Gasteiger partial charge in [-0.1, -0.05) is 0 Å². The summed E-state index contributed by atoms with van der Waals surface area (Å²) in [4.78, 5) is 7.59. The Morgan fingerprint density at radius 1 is 1.53 bits per heavy atom. The van der Waals surface area contributed by atoms with Gasteiger partial charge in [-0.15, -0.1) is 11.3 Å². The maximum atomic E-state index is 5.82. The van der Waals surface area contributed by atoms with Crippen LogP contribution in [-0.4, -0.2) is 21.8 Å². The molecule has 0 saturated carbocycles. The fraction of sp³-hybridized carbons (Fsp3) is 0.455. The van der Waals surface area contributed by atoms with E-state index in [1.165, 1.54) is 5.56 Å². The summed E-state index contributed by atoms with van der Waals surface area (Å²) in [7, 11) is 3.94. The van der Waals surface area contributed by atoms with Crippen molar-refractivity contribution in [1.29, 1.82) is 0 Å². The van der Waals surface area contributed by atoms with E-state index in [4.69, 9.17) is 5.73 Å². The zero-order chi connectivity index (χ0) is 12.4. The Labute approximate surface area is 105 Å². The molecule has 6 heteroatoms. The summed E-state index contributed by atoms with van der Waals surface area (Å²) < 4.78 is 1.80. The molecule has 2 aromatic rings. The summed E-state index contributed by atoms with van der Waals surface area (Å²) in [6.45, 7) is 2.78. The van der Waals surface area contributed by atoms with Crippen LogP contribution in [0.4, 0.5) is 5.13 Å². The fourth-order valence-corrected chi connectivity index (χ4v) is 2.39. The molecule has 2 rings (SSSR count). The average Bonchev–Trinajstić information content (AvgIpc) is 2.86. The third-order valence-corrected chi connectivity index (χ3v) is 3.78. The summed E-state index contributed by atoms with van der Waals surface area (Å²) in [6, 6.07) is 0.0491. The largest absolute Gasteiger partial charge is 0.347 e. The van der Waals surface area contributed by atoms with E-state index in [2.05, 4.69) is 15.0 Å². The van der Waals surface area contributed by atoms with Gasteiger partial charge in [0.25, 0.3) is 0 Å². The van der Waals surface area contributed by atoms with E-state index in [1.54, 1.807) is 16.0 Å². The second-order valence-electron chi connectivity index (χ2n) is 4.21. The summed E-state index contributed by atoms with van der Waals surface area (Å²) in [5, 5.41) is 5.14. The van der Waals surface area contributed by atoms with Gasteiger partial charge in [0.15, 0.2) is 5.13 Å². The van der Waals surface area contributed by atoms with E-state index in [-0.39, 0.29) is 6.04 Å². The molecule has 0 aliphatic rings. The molecule has 0 bridgehead atoms. The van der Waals surface area contributed by atoms with Crippen LogP contribution in [0.25, 0.3) is 0 Å². The molecule has 0 amide bonds. The standard InChI is InChI=1S/C11H17N5S/c1-8(12)10-5-13-11(17-10)15(2)6-9-4-14-16(3)7-9/h4-5,7-8H,6,12H2,1-3H3. The van der Waals surface area contributed by atoms with Gasteiger partial charge in [-0.25, -0.2) is 4.98 Å². The number of nitrogens with two attached hydrogens (primary N) is 1. The van der Waals surface area contributed by atoms with Gasteiger partial charge in [-0.2, -0.15) is 5.10 Å². The van der Waals surface area contributed by atoms with Gasteiger partial charge in [0, 0.05) is 49.5 Å². The van der Waals surface area contributed by atoms with Crippen molar-refractivity contribution in [3.8, 4) is 0 Å². The fourth-order valence-electron chi connectivity index (χ4n) is 1.56. The Morgan fingerprint density at radius 3 is 2.82 bits per heavy atom. The van der Waals surface area contributed by atoms with Crippen molar-refractivity contribution in [2.75, 3.05) is 11.9 Å². The summed E-state index contributed by atoms with van der Waals surface area (Å²) in [5.74, 6) is 0. The van der Waals surface area contributed by atoms with Crippen LogP contribution in [-0.2, 0) is 13.6 Å². The second-order valence-corrected chi connectivity index (χ2v) is 5.25. The van der Waals surface area contributed by atoms with E-state index < -0.39 is 0 Å². The number of hydrogen-bond donors (Lipinski definition) is 1. The highest BCUT2D eigenvalue weighted by molar-refractivity contribution is 7.15. The van der Waals surface area contributed by atoms with E-state index in [1.807, 2.05) is 39.6 Å². The molecule has 0 aliphatic carbocycles. The molecule has 17 heavy (non-hydrogen) atoms. The topological polar surface area (TPSA) is 60.0 Å². The molecule has 0 spiro atoms. The van der Waals surface area contributed by atoms with Crippen LogP contribution in [0.3, 0.4) is 0 Å². The third kappa shape index (κ3) is 2.83. The highest BCUT2D eigenvalue weighted by Gasteiger charge is 2.10. The maximum absolute atomic E-state index is 5.82. The molecule has 0 radical (unpaired) electrons. The Kier molecular flexibility index (Phi) is 3.44. The van der Waals surface area contributed by atoms with Crippen LogP contribution >= 0.6 is 11.3 Å². The van der Waals surface area contributed by atoms with Crippen LogP contribution in [0.1, 0.15) is 23.4 Å². The van der Waals surface area contributed by atoms with Crippen molar-refractivity contribution in [2.24, 2.45) is 12.8 Å². The quantitative estimate of drug-likeness (QED) is 0.895. The number of hydrogen-bond acceptors (Lipinski definition) is 5. The lowest BCUT2D eigenvalue weighted by molar-refractivity contribution is 0.766. The molecule has 5 nitrogen and oxygen atoms in total. The first kappa shape index (κ1) is 12.1. The molecule has 0 fully saturated rings. The van der Waals surface area contributed by atoms with Crippen molar-refractivity contribution in [1.82, 2.24) is 14.8 Å². The highest BCUT2D eigenvalue weighted by Crippen LogP contribution is 2.26. The zero-order valence-corrected chi connectivity index (χ0v) is 11.1. The number of aryl methyl sites for hydroxylation is 1. The van der Waals surface area contributed by atoms with Gasteiger partial charge in [-0.05, 0) is 6.92 Å². The Balaban J connectivity index is 2.06. The summed E-state index contributed by atoms with van der Waals surface area (Å²) in [5.41, 5.74) is 7.00. The molecule has 92 valence electrons. The van der Waals surface area contributed by atoms with Crippen molar-refractivity contribution < 1.29 is 0 Å². The summed E-state index contributed by atoms with van der Waals surface area (Å²) in [6.07, 6.45) is 5.73. The first-order chi connectivity index (χ1) is 8.06. The predicted molar refractivity (Wildman–Crippen MR) is 70.0 cm³/mol. The number of rotatable bonds is 4. The molecule has 2 aromatic heterocycles. The minimum absolute atomic E-state index is 0.0491. The van der Waals surface area contributed by atoms with Gasteiger partial charge in [0.2, 0.25) is 0 Å². The Bertz CT molecular complexity index is 488. The van der Waals surface area contributed by atoms with Gasteiger partial charge in [-0.3, -0.25) is 4.68 Å². The average molecular weight is 251 g/mol. The molecule has 2 N–H and O–H groups in total. The Hall–Kier alpha value is -1.40. The summed E-state index contributed by atoms with van der Waals surface area (Å²) >= 11 is 1.64. The highest BCUT2D eigenvalue weighted by atomic mass is 32.1. The molecular weight excluding hydrogens is 234 g/mol. The zero-order valence-electron chi connectivity index (χ0n) is 10.3. The minimum atomic E-state index is 0.0491. The van der Waals surface area contributed by atoms with E-state index >= 15 is 0 Å². The molecular formula is C11H17N5S. The van der Waals surface area contributed by atoms with E-state index in [9.17, 15) is 0 Å². The molecule has 2 heterocycles. The van der Waals surface area contributed by atoms with Crippen molar-refractivity contribution in [3.05, 3.63) is 29.0 Å². The lowest BCUT2D eigenvalue weighted by Gasteiger charge is -2.14. The number of thiazole rings is 1. The van der Waals surface area contributed by atoms with Crippen LogP contribution in [0.15, 0.2) is 18.6 Å². The SMILES string of the molecule is CC(N)c1cnc(N(C)Cc2cnn(C)c2)s1. The van der Waals surface area contributed by atoms with Crippen LogP contribution in [0.5, 0.6) is 0 Å². The second kappa shape index (κ2) is 4.85. The molecule has 0 saturated heterocycles. The van der Waals surface area contributed by atoms with E-state index in [0.717, 1.165) is 16.6 Å². The van der Waals surface area contributed by atoms with Gasteiger partial charge in [0.05, 0.1) is 6.20 Å². The first-order valence-corrected chi connectivity index (χ1v) is 6.28. The van der Waals surface area contributed by atoms with Crippen LogP contribution < -0.4 is 10.6 Å². The van der Waals surface area contributed by atoms with Gasteiger partial charge in [0.1, 0.15) is 0 Å². The third-order valence-electron chi connectivity index (χ3n) is 2.46. The van der Waals surface area contributed by atoms with Crippen molar-refractivity contribution >= 4 is 16.5 Å². The van der Waals surface area contributed by atoms with Crippen molar-refractivity contribution in [3.63, 3.8) is 0 Å². The lowest BCUT2D eigenvalue weighted by Crippen LogP contribution is -2.15. The molecule has 1 unspecified atom stereocenters. The monoisotopic (exact) mass is 251 g/mol. The number of nitrogens with zero attached hydrogens (tertiary/aromatic N) is 4. The maximum Gasteiger partial charge on any atom is 0.185 e. The van der Waals surface area contributed by atoms with Crippen molar-refractivity contribution in [2.45, 2.75) is 19.5 Å². The normalized spacial score (nSPS) is 12.7. The first-order valence-electron chi connectivity index (χ1n) is 5.46. The molecule has 0 aliphatic heterocycles. The Morgan fingerprint density at radius 2 is 2.29 bits per heavy atom. The van der Waals surface area contributed by atoms with Gasteiger partial charge >= 0.3 is 0 Å². The minimum Gasteiger partial charge on any atom is -0.347 e. The lowest BCUT2D eigenvalue weighted by atomic mass is 10.3. The molecule has 0 aromatic carbocycles. The predicted octanol–water partition coefficient (Wildman–Crippen LogP) is 1.53. The number of anilines is 1. The van der Waals surface area contributed by atoms with Crippen LogP contribution in [0, 0.1) is 0 Å². The van der Waals surface area contributed by atoms with E-state index in [0.29, 0.717) is 0 Å².